The van der Waals surface area contributed by atoms with Crippen molar-refractivity contribution in [3.05, 3.63) is 17.5 Å². The van der Waals surface area contributed by atoms with E-state index in [1.807, 2.05) is 6.92 Å². The molecule has 1 aliphatic rings. The number of hydrogen-bond acceptors (Lipinski definition) is 6. The van der Waals surface area contributed by atoms with Gasteiger partial charge in [0, 0.05) is 19.6 Å². The lowest BCUT2D eigenvalue weighted by Gasteiger charge is -2.30. The van der Waals surface area contributed by atoms with Gasteiger partial charge in [-0.2, -0.15) is 4.31 Å². The molecule has 1 atom stereocenters. The average Bonchev–Trinajstić information content (AvgIpc) is 3.17. The molecule has 1 aromatic rings. The van der Waals surface area contributed by atoms with Crippen LogP contribution >= 0.6 is 11.3 Å². The summed E-state index contributed by atoms with van der Waals surface area (Å²) < 4.78 is 49.6. The molecule has 7 nitrogen and oxygen atoms in total. The van der Waals surface area contributed by atoms with Gasteiger partial charge >= 0.3 is 0 Å². The maximum absolute atomic E-state index is 12.7. The third-order valence-electron chi connectivity index (χ3n) is 4.24. The second-order valence-corrected chi connectivity index (χ2v) is 11.6. The van der Waals surface area contributed by atoms with E-state index >= 15 is 0 Å². The van der Waals surface area contributed by atoms with Gasteiger partial charge < -0.3 is 4.90 Å². The molecule has 0 saturated carbocycles. The molecule has 1 fully saturated rings. The highest BCUT2D eigenvalue weighted by Crippen LogP contribution is 2.22. The summed E-state index contributed by atoms with van der Waals surface area (Å²) in [6.07, 6.45) is 2.04. The number of unbranched alkanes of at least 4 members (excludes halogenated alkanes) is 1. The molecule has 0 bridgehead atoms. The highest BCUT2D eigenvalue weighted by molar-refractivity contribution is 7.91. The maximum atomic E-state index is 12.7. The van der Waals surface area contributed by atoms with Crippen LogP contribution < -0.4 is 0 Å². The van der Waals surface area contributed by atoms with Crippen molar-refractivity contribution in [1.29, 1.82) is 0 Å². The lowest BCUT2D eigenvalue weighted by molar-refractivity contribution is -0.133. The summed E-state index contributed by atoms with van der Waals surface area (Å²) in [7, 11) is -5.45. The topological polar surface area (TPSA) is 91.8 Å². The number of carbonyl (C=O) groups is 1. The smallest absolute Gasteiger partial charge is 0.252 e. The van der Waals surface area contributed by atoms with Crippen LogP contribution in [0.3, 0.4) is 0 Å². The highest BCUT2D eigenvalue weighted by atomic mass is 32.2. The second kappa shape index (κ2) is 8.15. The number of carbonyl (C=O) groups excluding carboxylic acids is 1. The minimum Gasteiger partial charge on any atom is -0.338 e. The van der Waals surface area contributed by atoms with Gasteiger partial charge in [0.15, 0.2) is 9.84 Å². The van der Waals surface area contributed by atoms with Gasteiger partial charge in [0.2, 0.25) is 5.91 Å². The Labute approximate surface area is 153 Å². The number of nitrogens with zero attached hydrogens (tertiary/aromatic N) is 2. The van der Waals surface area contributed by atoms with Crippen molar-refractivity contribution in [1.82, 2.24) is 9.21 Å². The van der Waals surface area contributed by atoms with Gasteiger partial charge in [-0.05, 0) is 24.3 Å². The Hall–Kier alpha value is -0.970. The van der Waals surface area contributed by atoms with Crippen LogP contribution in [-0.4, -0.2) is 69.6 Å². The molecule has 2 heterocycles. The Bertz CT molecular complexity index is 787. The Kier molecular flexibility index (Phi) is 6.63. The van der Waals surface area contributed by atoms with Gasteiger partial charge in [-0.25, -0.2) is 16.8 Å². The zero-order valence-electron chi connectivity index (χ0n) is 14.4. The lowest BCUT2D eigenvalue weighted by atomic mass is 10.2. The number of amides is 1. The number of sulfonamides is 1. The largest absolute Gasteiger partial charge is 0.338 e. The van der Waals surface area contributed by atoms with Gasteiger partial charge in [0.25, 0.3) is 10.0 Å². The second-order valence-electron chi connectivity index (χ2n) is 6.19. The van der Waals surface area contributed by atoms with E-state index < -0.39 is 19.9 Å². The molecule has 1 aliphatic heterocycles. The molecule has 0 aromatic carbocycles. The molecular weight excluding hydrogens is 384 g/mol. The standard InChI is InChI=1S/C15H24N2O5S3/c1-3-4-8-17(13-7-10-24(19,20)12-13)14(18)11-16(2)25(21,22)15-6-5-9-23-15/h5-6,9,13H,3-4,7-8,10-12H2,1-2H3. The summed E-state index contributed by atoms with van der Waals surface area (Å²) in [5.41, 5.74) is 0. The minimum absolute atomic E-state index is 0.0379. The molecule has 25 heavy (non-hydrogen) atoms. The molecule has 1 unspecified atom stereocenters. The van der Waals surface area contributed by atoms with Crippen LogP contribution in [0.25, 0.3) is 0 Å². The van der Waals surface area contributed by atoms with E-state index in [2.05, 4.69) is 0 Å². The summed E-state index contributed by atoms with van der Waals surface area (Å²) in [5, 5.41) is 1.67. The molecule has 142 valence electrons. The first kappa shape index (κ1) is 20.3. The van der Waals surface area contributed by atoms with Crippen molar-refractivity contribution < 1.29 is 21.6 Å². The van der Waals surface area contributed by atoms with Crippen molar-refractivity contribution in [3.8, 4) is 0 Å². The van der Waals surface area contributed by atoms with Crippen LogP contribution in [-0.2, 0) is 24.7 Å². The van der Waals surface area contributed by atoms with Crippen molar-refractivity contribution in [3.63, 3.8) is 0 Å². The molecular formula is C15H24N2O5S3. The predicted molar refractivity (Wildman–Crippen MR) is 97.8 cm³/mol. The van der Waals surface area contributed by atoms with Crippen molar-refractivity contribution in [2.24, 2.45) is 0 Å². The molecule has 0 radical (unpaired) electrons. The zero-order valence-corrected chi connectivity index (χ0v) is 16.9. The fourth-order valence-electron chi connectivity index (χ4n) is 2.79. The summed E-state index contributed by atoms with van der Waals surface area (Å²) in [5.74, 6) is -0.306. The van der Waals surface area contributed by atoms with Gasteiger partial charge in [0.05, 0.1) is 18.1 Å². The van der Waals surface area contributed by atoms with Crippen LogP contribution in [0.2, 0.25) is 0 Å². The van der Waals surface area contributed by atoms with E-state index in [1.165, 1.54) is 13.1 Å². The molecule has 0 spiro atoms. The first-order chi connectivity index (χ1) is 11.7. The third-order valence-corrected chi connectivity index (χ3v) is 9.17. The van der Waals surface area contributed by atoms with Gasteiger partial charge in [-0.1, -0.05) is 19.4 Å². The number of likely N-dealkylation sites (N-methyl/N-ethyl adjacent to an activating group) is 1. The molecule has 1 amide bonds. The van der Waals surface area contributed by atoms with Crippen LogP contribution in [0.5, 0.6) is 0 Å². The van der Waals surface area contributed by atoms with Gasteiger partial charge in [0.1, 0.15) is 4.21 Å². The molecule has 2 rings (SSSR count). The zero-order chi connectivity index (χ0) is 18.7. The lowest BCUT2D eigenvalue weighted by Crippen LogP contribution is -2.47. The first-order valence-corrected chi connectivity index (χ1v) is 12.3. The van der Waals surface area contributed by atoms with E-state index in [9.17, 15) is 21.6 Å². The minimum atomic E-state index is -3.71. The van der Waals surface area contributed by atoms with Crippen LogP contribution in [0.15, 0.2) is 21.7 Å². The van der Waals surface area contributed by atoms with E-state index in [0.717, 1.165) is 28.5 Å². The molecule has 10 heteroatoms. The Morgan fingerprint density at radius 3 is 2.64 bits per heavy atom. The highest BCUT2D eigenvalue weighted by Gasteiger charge is 2.35. The normalized spacial score (nSPS) is 20.0. The number of hydrogen-bond donors (Lipinski definition) is 0. The van der Waals surface area contributed by atoms with Crippen LogP contribution in [0, 0.1) is 0 Å². The summed E-state index contributed by atoms with van der Waals surface area (Å²) in [6, 6.07) is 2.78. The average molecular weight is 409 g/mol. The summed E-state index contributed by atoms with van der Waals surface area (Å²) >= 11 is 1.10. The first-order valence-electron chi connectivity index (χ1n) is 8.17. The quantitative estimate of drug-likeness (QED) is 0.644. The monoisotopic (exact) mass is 408 g/mol. The van der Waals surface area contributed by atoms with E-state index in [1.54, 1.807) is 16.3 Å². The Balaban J connectivity index is 2.11. The van der Waals surface area contributed by atoms with Crippen LogP contribution in [0.1, 0.15) is 26.2 Å². The number of rotatable bonds is 8. The summed E-state index contributed by atoms with van der Waals surface area (Å²) in [4.78, 5) is 14.3. The van der Waals surface area contributed by atoms with Crippen molar-refractivity contribution >= 4 is 37.1 Å². The fourth-order valence-corrected chi connectivity index (χ4v) is 6.84. The van der Waals surface area contributed by atoms with Gasteiger partial charge in [-0.15, -0.1) is 11.3 Å². The Morgan fingerprint density at radius 2 is 2.12 bits per heavy atom. The van der Waals surface area contributed by atoms with Crippen LogP contribution in [0.4, 0.5) is 0 Å². The maximum Gasteiger partial charge on any atom is 0.252 e. The van der Waals surface area contributed by atoms with E-state index in [0.29, 0.717) is 13.0 Å². The molecule has 0 aliphatic carbocycles. The van der Waals surface area contributed by atoms with E-state index in [4.69, 9.17) is 0 Å². The molecule has 1 saturated heterocycles. The number of thiophene rings is 1. The summed E-state index contributed by atoms with van der Waals surface area (Å²) in [6.45, 7) is 2.14. The van der Waals surface area contributed by atoms with Crippen molar-refractivity contribution in [2.75, 3.05) is 31.6 Å². The van der Waals surface area contributed by atoms with E-state index in [-0.39, 0.29) is 34.2 Å². The predicted octanol–water partition coefficient (Wildman–Crippen LogP) is 1.18. The Morgan fingerprint density at radius 1 is 1.40 bits per heavy atom. The fraction of sp³-hybridized carbons (Fsp3) is 0.667. The molecule has 1 aromatic heterocycles. The van der Waals surface area contributed by atoms with Gasteiger partial charge in [-0.3, -0.25) is 4.79 Å². The SMILES string of the molecule is CCCCN(C(=O)CN(C)S(=O)(=O)c1cccs1)C1CCS(=O)(=O)C1. The third kappa shape index (κ3) is 5.02. The molecule has 0 N–H and O–H groups in total. The number of sulfone groups is 1. The van der Waals surface area contributed by atoms with Crippen molar-refractivity contribution in [2.45, 2.75) is 36.4 Å².